The van der Waals surface area contributed by atoms with Gasteiger partial charge < -0.3 is 10.6 Å². The predicted octanol–water partition coefficient (Wildman–Crippen LogP) is 1.39. The van der Waals surface area contributed by atoms with Gasteiger partial charge in [-0.05, 0) is 12.8 Å². The molecule has 0 fully saturated rings. The number of nitrogens with zero attached hydrogens (tertiary/aromatic N) is 4. The highest BCUT2D eigenvalue weighted by molar-refractivity contribution is 6.03. The molecule has 0 aromatic carbocycles. The third-order valence-electron chi connectivity index (χ3n) is 2.92. The van der Waals surface area contributed by atoms with Crippen LogP contribution >= 0.6 is 0 Å². The fraction of sp³-hybridized carbons (Fsp3) is 0.583. The molecule has 6 nitrogen and oxygen atoms in total. The molecule has 0 spiro atoms. The van der Waals surface area contributed by atoms with Crippen LogP contribution in [0.25, 0.3) is 0 Å². The molecule has 0 saturated carbocycles. The van der Waals surface area contributed by atoms with Crippen molar-refractivity contribution in [1.29, 1.82) is 0 Å². The monoisotopic (exact) mass is 249 g/mol. The van der Waals surface area contributed by atoms with Crippen LogP contribution in [0.5, 0.6) is 0 Å². The molecule has 0 bridgehead atoms. The van der Waals surface area contributed by atoms with E-state index in [1.54, 1.807) is 11.1 Å². The minimum Gasteiger partial charge on any atom is -0.385 e. The number of aliphatic imine (C=N–C) groups is 1. The van der Waals surface area contributed by atoms with E-state index in [0.717, 1.165) is 12.1 Å². The SMILES string of the molecule is CCn1cc(C2C(N)=NC(=O)N2CC(C)C)cn1. The van der Waals surface area contributed by atoms with Crippen molar-refractivity contribution in [2.45, 2.75) is 33.4 Å². The second-order valence-corrected chi connectivity index (χ2v) is 4.90. The minimum atomic E-state index is -0.264. The van der Waals surface area contributed by atoms with Gasteiger partial charge in [-0.1, -0.05) is 13.8 Å². The van der Waals surface area contributed by atoms with E-state index < -0.39 is 0 Å². The molecule has 2 rings (SSSR count). The summed E-state index contributed by atoms with van der Waals surface area (Å²) >= 11 is 0. The summed E-state index contributed by atoms with van der Waals surface area (Å²) in [5.74, 6) is 0.732. The number of carbonyl (C=O) groups excluding carboxylic acids is 1. The highest BCUT2D eigenvalue weighted by Crippen LogP contribution is 2.27. The molecule has 6 heteroatoms. The number of urea groups is 1. The number of carbonyl (C=O) groups is 1. The molecule has 2 N–H and O–H groups in total. The second-order valence-electron chi connectivity index (χ2n) is 4.90. The first-order chi connectivity index (χ1) is 8.52. The van der Waals surface area contributed by atoms with Gasteiger partial charge in [0.2, 0.25) is 0 Å². The Morgan fingerprint density at radius 3 is 2.78 bits per heavy atom. The molecule has 1 aliphatic rings. The van der Waals surface area contributed by atoms with Gasteiger partial charge in [0.15, 0.2) is 0 Å². The number of nitrogens with two attached hydrogens (primary N) is 1. The summed E-state index contributed by atoms with van der Waals surface area (Å²) in [5.41, 5.74) is 6.79. The molecular formula is C12H19N5O. The first-order valence-corrected chi connectivity index (χ1v) is 6.20. The van der Waals surface area contributed by atoms with E-state index in [9.17, 15) is 4.79 Å². The van der Waals surface area contributed by atoms with Crippen LogP contribution in [0, 0.1) is 5.92 Å². The highest BCUT2D eigenvalue weighted by atomic mass is 16.2. The quantitative estimate of drug-likeness (QED) is 0.876. The van der Waals surface area contributed by atoms with Gasteiger partial charge in [0.05, 0.1) is 6.20 Å². The lowest BCUT2D eigenvalue weighted by molar-refractivity contribution is 0.199. The van der Waals surface area contributed by atoms with Gasteiger partial charge in [0, 0.05) is 24.8 Å². The lowest BCUT2D eigenvalue weighted by Gasteiger charge is -2.24. The number of amidine groups is 1. The van der Waals surface area contributed by atoms with E-state index in [2.05, 4.69) is 23.9 Å². The Bertz CT molecular complexity index is 477. The van der Waals surface area contributed by atoms with Crippen molar-refractivity contribution in [3.05, 3.63) is 18.0 Å². The summed E-state index contributed by atoms with van der Waals surface area (Å²) in [7, 11) is 0. The molecule has 18 heavy (non-hydrogen) atoms. The van der Waals surface area contributed by atoms with Crippen LogP contribution in [0.4, 0.5) is 4.79 Å². The lowest BCUT2D eigenvalue weighted by atomic mass is 10.1. The maximum absolute atomic E-state index is 11.8. The van der Waals surface area contributed by atoms with E-state index in [1.807, 2.05) is 17.8 Å². The van der Waals surface area contributed by atoms with Gasteiger partial charge >= 0.3 is 6.03 Å². The van der Waals surface area contributed by atoms with Crippen LogP contribution in [0.3, 0.4) is 0 Å². The molecule has 1 unspecified atom stereocenters. The molecule has 1 aliphatic heterocycles. The number of amides is 2. The zero-order valence-electron chi connectivity index (χ0n) is 11.0. The van der Waals surface area contributed by atoms with Gasteiger partial charge in [-0.2, -0.15) is 10.1 Å². The lowest BCUT2D eigenvalue weighted by Crippen LogP contribution is -2.35. The summed E-state index contributed by atoms with van der Waals surface area (Å²) in [4.78, 5) is 17.4. The molecular weight excluding hydrogens is 230 g/mol. The standard InChI is InChI=1S/C12H19N5O/c1-4-16-7-9(5-14-16)10-11(13)15-12(18)17(10)6-8(2)3/h5,7-8,10H,4,6H2,1-3H3,(H2,13,15,18). The topological polar surface area (TPSA) is 76.5 Å². The fourth-order valence-electron chi connectivity index (χ4n) is 2.13. The normalized spacial score (nSPS) is 19.8. The van der Waals surface area contributed by atoms with Crippen molar-refractivity contribution in [3.63, 3.8) is 0 Å². The summed E-state index contributed by atoms with van der Waals surface area (Å²) in [6, 6.07) is -0.518. The largest absolute Gasteiger partial charge is 0.385 e. The third kappa shape index (κ3) is 2.23. The fourth-order valence-corrected chi connectivity index (χ4v) is 2.13. The summed E-state index contributed by atoms with van der Waals surface area (Å²) in [5, 5.41) is 4.22. The van der Waals surface area contributed by atoms with E-state index in [0.29, 0.717) is 18.3 Å². The number of aromatic nitrogens is 2. The van der Waals surface area contributed by atoms with Crippen LogP contribution in [0.15, 0.2) is 17.4 Å². The van der Waals surface area contributed by atoms with E-state index in [-0.39, 0.29) is 12.1 Å². The van der Waals surface area contributed by atoms with E-state index in [1.165, 1.54) is 0 Å². The van der Waals surface area contributed by atoms with E-state index >= 15 is 0 Å². The number of hydrogen-bond acceptors (Lipinski definition) is 3. The van der Waals surface area contributed by atoms with Crippen molar-refractivity contribution >= 4 is 11.9 Å². The van der Waals surface area contributed by atoms with Crippen LogP contribution in [-0.4, -0.2) is 33.1 Å². The Labute approximate surface area is 106 Å². The Balaban J connectivity index is 2.27. The molecule has 2 heterocycles. The van der Waals surface area contributed by atoms with Gasteiger partial charge in [0.25, 0.3) is 0 Å². The molecule has 0 aliphatic carbocycles. The van der Waals surface area contributed by atoms with Crippen LogP contribution < -0.4 is 5.73 Å². The molecule has 1 aromatic rings. The molecule has 98 valence electrons. The summed E-state index contributed by atoms with van der Waals surface area (Å²) in [6.07, 6.45) is 3.67. The first kappa shape index (κ1) is 12.6. The third-order valence-corrected chi connectivity index (χ3v) is 2.92. The smallest absolute Gasteiger partial charge is 0.346 e. The van der Waals surface area contributed by atoms with E-state index in [4.69, 9.17) is 5.73 Å². The highest BCUT2D eigenvalue weighted by Gasteiger charge is 2.35. The van der Waals surface area contributed by atoms with Gasteiger partial charge in [0.1, 0.15) is 11.9 Å². The van der Waals surface area contributed by atoms with Crippen molar-refractivity contribution in [3.8, 4) is 0 Å². The van der Waals surface area contributed by atoms with Crippen molar-refractivity contribution in [1.82, 2.24) is 14.7 Å². The zero-order chi connectivity index (χ0) is 13.3. The Morgan fingerprint density at radius 2 is 2.22 bits per heavy atom. The average molecular weight is 249 g/mol. The molecule has 1 aromatic heterocycles. The van der Waals surface area contributed by atoms with Crippen LogP contribution in [0.1, 0.15) is 32.4 Å². The minimum absolute atomic E-state index is 0.254. The van der Waals surface area contributed by atoms with Gasteiger partial charge in [-0.3, -0.25) is 4.68 Å². The first-order valence-electron chi connectivity index (χ1n) is 6.20. The predicted molar refractivity (Wildman–Crippen MR) is 69.2 cm³/mol. The Morgan fingerprint density at radius 1 is 1.50 bits per heavy atom. The zero-order valence-corrected chi connectivity index (χ0v) is 11.0. The molecule has 0 saturated heterocycles. The Kier molecular flexibility index (Phi) is 3.36. The molecule has 2 amide bonds. The number of hydrogen-bond donors (Lipinski definition) is 1. The van der Waals surface area contributed by atoms with Crippen molar-refractivity contribution in [2.24, 2.45) is 16.6 Å². The van der Waals surface area contributed by atoms with Crippen LogP contribution in [-0.2, 0) is 6.54 Å². The van der Waals surface area contributed by atoms with Gasteiger partial charge in [-0.15, -0.1) is 0 Å². The maximum Gasteiger partial charge on any atom is 0.346 e. The van der Waals surface area contributed by atoms with Crippen LogP contribution in [0.2, 0.25) is 0 Å². The number of rotatable bonds is 4. The molecule has 1 atom stereocenters. The number of aryl methyl sites for hydroxylation is 1. The molecule has 0 radical (unpaired) electrons. The van der Waals surface area contributed by atoms with Gasteiger partial charge in [-0.25, -0.2) is 4.79 Å². The van der Waals surface area contributed by atoms with Crippen molar-refractivity contribution < 1.29 is 4.79 Å². The summed E-state index contributed by atoms with van der Waals surface area (Å²) < 4.78 is 1.82. The van der Waals surface area contributed by atoms with Crippen molar-refractivity contribution in [2.75, 3.05) is 6.54 Å². The average Bonchev–Trinajstić information content (AvgIpc) is 2.84. The Hall–Kier alpha value is -1.85. The summed E-state index contributed by atoms with van der Waals surface area (Å²) in [6.45, 7) is 7.58. The second kappa shape index (κ2) is 4.80. The maximum atomic E-state index is 11.8.